The van der Waals surface area contributed by atoms with Crippen LogP contribution in [0.15, 0.2) is 12.4 Å². The Morgan fingerprint density at radius 3 is 3.19 bits per heavy atom. The van der Waals surface area contributed by atoms with Crippen molar-refractivity contribution in [3.8, 4) is 0 Å². The average Bonchev–Trinajstić information content (AvgIpc) is 2.82. The molecule has 2 rings (SSSR count). The van der Waals surface area contributed by atoms with Gasteiger partial charge in [0.2, 0.25) is 5.91 Å². The van der Waals surface area contributed by atoms with E-state index in [2.05, 4.69) is 15.5 Å². The number of nitrogens with zero attached hydrogens (tertiary/aromatic N) is 2. The van der Waals surface area contributed by atoms with Gasteiger partial charge in [0.1, 0.15) is 0 Å². The van der Waals surface area contributed by atoms with Crippen molar-refractivity contribution in [1.82, 2.24) is 20.4 Å². The molecule has 0 bridgehead atoms. The van der Waals surface area contributed by atoms with Crippen LogP contribution in [0.3, 0.4) is 0 Å². The van der Waals surface area contributed by atoms with Gasteiger partial charge in [-0.2, -0.15) is 5.10 Å². The van der Waals surface area contributed by atoms with E-state index in [1.54, 1.807) is 11.1 Å². The number of hydrogen-bond donors (Lipinski definition) is 2. The molecule has 1 aliphatic rings. The molecule has 2 heterocycles. The van der Waals surface area contributed by atoms with E-state index < -0.39 is 0 Å². The molecule has 0 spiro atoms. The maximum Gasteiger partial charge on any atom is 0.227 e. The number of carbonyl (C=O) groups excluding carboxylic acids is 1. The topological polar surface area (TPSA) is 61.0 Å². The summed E-state index contributed by atoms with van der Waals surface area (Å²) in [7, 11) is 1.85. The highest BCUT2D eigenvalue weighted by atomic mass is 16.2. The molecule has 1 amide bonds. The zero-order valence-electron chi connectivity index (χ0n) is 9.57. The molecule has 2 N–H and O–H groups in total. The Morgan fingerprint density at radius 2 is 2.56 bits per heavy atom. The first kappa shape index (κ1) is 11.1. The van der Waals surface area contributed by atoms with E-state index in [-0.39, 0.29) is 11.8 Å². The van der Waals surface area contributed by atoms with Gasteiger partial charge in [-0.1, -0.05) is 0 Å². The zero-order chi connectivity index (χ0) is 11.4. The minimum Gasteiger partial charge on any atom is -0.341 e. The molecule has 1 saturated heterocycles. The second-order valence-electron chi connectivity index (χ2n) is 4.34. The number of amides is 1. The van der Waals surface area contributed by atoms with E-state index >= 15 is 0 Å². The number of aromatic nitrogens is 2. The smallest absolute Gasteiger partial charge is 0.227 e. The molecular weight excluding hydrogens is 204 g/mol. The summed E-state index contributed by atoms with van der Waals surface area (Å²) >= 11 is 0. The SMILES string of the molecule is CN(Cc1cn[nH]c1)C(=O)[C@H]1CCCNC1. The van der Waals surface area contributed by atoms with Crippen molar-refractivity contribution in [2.75, 3.05) is 20.1 Å². The average molecular weight is 222 g/mol. The van der Waals surface area contributed by atoms with Crippen LogP contribution in [-0.2, 0) is 11.3 Å². The molecule has 0 unspecified atom stereocenters. The van der Waals surface area contributed by atoms with Crippen molar-refractivity contribution < 1.29 is 4.79 Å². The van der Waals surface area contributed by atoms with Gasteiger partial charge in [-0.05, 0) is 19.4 Å². The van der Waals surface area contributed by atoms with Gasteiger partial charge in [0.05, 0.1) is 12.1 Å². The molecule has 0 aliphatic carbocycles. The van der Waals surface area contributed by atoms with Crippen LogP contribution in [0, 0.1) is 5.92 Å². The second kappa shape index (κ2) is 5.12. The standard InChI is InChI=1S/C11H18N4O/c1-15(8-9-5-13-14-6-9)11(16)10-3-2-4-12-7-10/h5-6,10,12H,2-4,7-8H2,1H3,(H,13,14)/t10-/m0/s1. The second-order valence-corrected chi connectivity index (χ2v) is 4.34. The van der Waals surface area contributed by atoms with Crippen molar-refractivity contribution in [3.05, 3.63) is 18.0 Å². The number of nitrogens with one attached hydrogen (secondary N) is 2. The summed E-state index contributed by atoms with van der Waals surface area (Å²) in [6, 6.07) is 0. The molecule has 0 saturated carbocycles. The lowest BCUT2D eigenvalue weighted by Gasteiger charge is -2.26. The first-order valence-corrected chi connectivity index (χ1v) is 5.70. The van der Waals surface area contributed by atoms with E-state index in [4.69, 9.17) is 0 Å². The molecule has 5 heteroatoms. The zero-order valence-corrected chi connectivity index (χ0v) is 9.57. The number of rotatable bonds is 3. The van der Waals surface area contributed by atoms with E-state index in [0.29, 0.717) is 6.54 Å². The lowest BCUT2D eigenvalue weighted by Crippen LogP contribution is -2.41. The fraction of sp³-hybridized carbons (Fsp3) is 0.636. The van der Waals surface area contributed by atoms with Crippen molar-refractivity contribution in [2.24, 2.45) is 5.92 Å². The number of carbonyl (C=O) groups is 1. The van der Waals surface area contributed by atoms with Gasteiger partial charge in [-0.25, -0.2) is 0 Å². The Hall–Kier alpha value is -1.36. The van der Waals surface area contributed by atoms with Crippen molar-refractivity contribution in [2.45, 2.75) is 19.4 Å². The van der Waals surface area contributed by atoms with Crippen LogP contribution in [0.2, 0.25) is 0 Å². The summed E-state index contributed by atoms with van der Waals surface area (Å²) in [4.78, 5) is 13.9. The molecule has 1 aromatic heterocycles. The summed E-state index contributed by atoms with van der Waals surface area (Å²) < 4.78 is 0. The maximum atomic E-state index is 12.1. The van der Waals surface area contributed by atoms with Crippen molar-refractivity contribution in [3.63, 3.8) is 0 Å². The molecule has 88 valence electrons. The largest absolute Gasteiger partial charge is 0.341 e. The molecule has 16 heavy (non-hydrogen) atoms. The van der Waals surface area contributed by atoms with Crippen LogP contribution < -0.4 is 5.32 Å². The van der Waals surface area contributed by atoms with Crippen molar-refractivity contribution >= 4 is 5.91 Å². The van der Waals surface area contributed by atoms with Gasteiger partial charge >= 0.3 is 0 Å². The summed E-state index contributed by atoms with van der Waals surface area (Å²) in [5, 5.41) is 9.89. The Bertz CT molecular complexity index is 330. The third-order valence-electron chi connectivity index (χ3n) is 3.00. The lowest BCUT2D eigenvalue weighted by atomic mass is 9.98. The minimum absolute atomic E-state index is 0.144. The van der Waals surface area contributed by atoms with Gasteiger partial charge in [0.15, 0.2) is 0 Å². The first-order chi connectivity index (χ1) is 7.77. The Kier molecular flexibility index (Phi) is 3.56. The molecule has 0 aromatic carbocycles. The predicted molar refractivity (Wildman–Crippen MR) is 60.7 cm³/mol. The van der Waals surface area contributed by atoms with Gasteiger partial charge in [-0.15, -0.1) is 0 Å². The lowest BCUT2D eigenvalue weighted by molar-refractivity contribution is -0.135. The number of piperidine rings is 1. The fourth-order valence-electron chi connectivity index (χ4n) is 2.09. The van der Waals surface area contributed by atoms with Crippen LogP contribution in [0.25, 0.3) is 0 Å². The summed E-state index contributed by atoms with van der Waals surface area (Å²) in [6.07, 6.45) is 5.67. The van der Waals surface area contributed by atoms with E-state index in [0.717, 1.165) is 31.5 Å². The van der Waals surface area contributed by atoms with Crippen LogP contribution in [0.5, 0.6) is 0 Å². The van der Waals surface area contributed by atoms with Crippen LogP contribution in [-0.4, -0.2) is 41.1 Å². The van der Waals surface area contributed by atoms with E-state index in [1.807, 2.05) is 13.2 Å². The van der Waals surface area contributed by atoms with Crippen LogP contribution in [0.1, 0.15) is 18.4 Å². The molecular formula is C11H18N4O. The van der Waals surface area contributed by atoms with Gasteiger partial charge in [0.25, 0.3) is 0 Å². The summed E-state index contributed by atoms with van der Waals surface area (Å²) in [5.74, 6) is 0.374. The quantitative estimate of drug-likeness (QED) is 0.776. The number of H-pyrrole nitrogens is 1. The monoisotopic (exact) mass is 222 g/mol. The highest BCUT2D eigenvalue weighted by Crippen LogP contribution is 2.13. The Morgan fingerprint density at radius 1 is 1.69 bits per heavy atom. The normalized spacial score (nSPS) is 20.7. The third-order valence-corrected chi connectivity index (χ3v) is 3.00. The molecule has 5 nitrogen and oxygen atoms in total. The van der Waals surface area contributed by atoms with Gasteiger partial charge in [0, 0.05) is 31.9 Å². The van der Waals surface area contributed by atoms with Gasteiger partial charge in [-0.3, -0.25) is 9.89 Å². The Balaban J connectivity index is 1.88. The number of hydrogen-bond acceptors (Lipinski definition) is 3. The van der Waals surface area contributed by atoms with Crippen LogP contribution in [0.4, 0.5) is 0 Å². The molecule has 1 atom stereocenters. The molecule has 1 aromatic rings. The van der Waals surface area contributed by atoms with Crippen LogP contribution >= 0.6 is 0 Å². The van der Waals surface area contributed by atoms with Crippen molar-refractivity contribution in [1.29, 1.82) is 0 Å². The first-order valence-electron chi connectivity index (χ1n) is 5.70. The third kappa shape index (κ3) is 2.61. The maximum absolute atomic E-state index is 12.1. The summed E-state index contributed by atoms with van der Waals surface area (Å²) in [5.41, 5.74) is 1.04. The minimum atomic E-state index is 0.144. The summed E-state index contributed by atoms with van der Waals surface area (Å²) in [6.45, 7) is 2.48. The highest BCUT2D eigenvalue weighted by molar-refractivity contribution is 5.78. The Labute approximate surface area is 95.2 Å². The van der Waals surface area contributed by atoms with E-state index in [9.17, 15) is 4.79 Å². The molecule has 1 fully saturated rings. The predicted octanol–water partition coefficient (Wildman–Crippen LogP) is 0.368. The fourth-order valence-corrected chi connectivity index (χ4v) is 2.09. The molecule has 1 aliphatic heterocycles. The van der Waals surface area contributed by atoms with Gasteiger partial charge < -0.3 is 10.2 Å². The molecule has 0 radical (unpaired) electrons. The van der Waals surface area contributed by atoms with E-state index in [1.165, 1.54) is 0 Å². The number of aromatic amines is 1. The highest BCUT2D eigenvalue weighted by Gasteiger charge is 2.23.